The van der Waals surface area contributed by atoms with Crippen LogP contribution < -0.4 is 5.32 Å². The average molecular weight is 297 g/mol. The Morgan fingerprint density at radius 2 is 2.21 bits per heavy atom. The van der Waals surface area contributed by atoms with Gasteiger partial charge in [-0.2, -0.15) is 0 Å². The van der Waals surface area contributed by atoms with E-state index in [2.05, 4.69) is 21.2 Å². The van der Waals surface area contributed by atoms with E-state index >= 15 is 0 Å². The van der Waals surface area contributed by atoms with Crippen LogP contribution in [0, 0.1) is 0 Å². The minimum atomic E-state index is -0.702. The monoisotopic (exact) mass is 295 g/mol. The van der Waals surface area contributed by atoms with Gasteiger partial charge in [-0.1, -0.05) is 33.6 Å². The summed E-state index contributed by atoms with van der Waals surface area (Å²) in [5.41, 5.74) is 0.704. The molecule has 2 nitrogen and oxygen atoms in total. The van der Waals surface area contributed by atoms with Crippen molar-refractivity contribution in [2.24, 2.45) is 0 Å². The molecule has 0 aliphatic carbocycles. The predicted molar refractivity (Wildman–Crippen MR) is 61.8 cm³/mol. The van der Waals surface area contributed by atoms with Gasteiger partial charge in [0.25, 0.3) is 0 Å². The van der Waals surface area contributed by atoms with Crippen molar-refractivity contribution >= 4 is 45.0 Å². The molecule has 1 rings (SSSR count). The van der Waals surface area contributed by atoms with Gasteiger partial charge in [-0.15, -0.1) is 11.6 Å². The molecule has 0 aliphatic rings. The van der Waals surface area contributed by atoms with Gasteiger partial charge in [-0.05, 0) is 17.7 Å². The number of likely N-dealkylation sites (N-methyl/N-ethyl adjacent to an activating group) is 1. The van der Waals surface area contributed by atoms with Gasteiger partial charge in [-0.25, -0.2) is 0 Å². The van der Waals surface area contributed by atoms with Gasteiger partial charge in [0.2, 0.25) is 5.91 Å². The third-order valence-corrected chi connectivity index (χ3v) is 3.07. The number of carbonyl (C=O) groups excluding carboxylic acids is 1. The van der Waals surface area contributed by atoms with Crippen LogP contribution in [0.5, 0.6) is 0 Å². The molecule has 0 fully saturated rings. The molecule has 1 amide bonds. The summed E-state index contributed by atoms with van der Waals surface area (Å²) < 4.78 is 0.730. The lowest BCUT2D eigenvalue weighted by atomic mass is 10.1. The van der Waals surface area contributed by atoms with Crippen LogP contribution in [0.4, 0.5) is 0 Å². The van der Waals surface area contributed by atoms with Crippen molar-refractivity contribution in [2.75, 3.05) is 7.05 Å². The highest BCUT2D eigenvalue weighted by molar-refractivity contribution is 9.10. The number of carbonyl (C=O) groups is 1. The molecule has 14 heavy (non-hydrogen) atoms. The second-order valence-electron chi connectivity index (χ2n) is 2.64. The first-order valence-corrected chi connectivity index (χ1v) is 5.47. The SMILES string of the molecule is CNC(=O)C(Cl)c1ccc(Cl)cc1Br. The van der Waals surface area contributed by atoms with Crippen LogP contribution in [0.25, 0.3) is 0 Å². The number of rotatable bonds is 2. The highest BCUT2D eigenvalue weighted by atomic mass is 79.9. The van der Waals surface area contributed by atoms with E-state index < -0.39 is 5.38 Å². The fourth-order valence-electron chi connectivity index (χ4n) is 0.975. The van der Waals surface area contributed by atoms with Crippen LogP contribution in [0.3, 0.4) is 0 Å². The molecule has 0 aliphatic heterocycles. The van der Waals surface area contributed by atoms with E-state index in [-0.39, 0.29) is 5.91 Å². The van der Waals surface area contributed by atoms with Gasteiger partial charge in [0.15, 0.2) is 0 Å². The summed E-state index contributed by atoms with van der Waals surface area (Å²) in [5, 5.41) is 2.38. The number of hydrogen-bond acceptors (Lipinski definition) is 1. The van der Waals surface area contributed by atoms with Crippen molar-refractivity contribution in [2.45, 2.75) is 5.38 Å². The Hall–Kier alpha value is -0.250. The van der Waals surface area contributed by atoms with E-state index in [1.807, 2.05) is 0 Å². The van der Waals surface area contributed by atoms with Crippen LogP contribution >= 0.6 is 39.1 Å². The minimum absolute atomic E-state index is 0.241. The zero-order chi connectivity index (χ0) is 10.7. The minimum Gasteiger partial charge on any atom is -0.358 e. The number of halogens is 3. The maximum atomic E-state index is 11.3. The molecule has 1 atom stereocenters. The number of benzene rings is 1. The molecule has 76 valence electrons. The molecular weight excluding hydrogens is 289 g/mol. The largest absolute Gasteiger partial charge is 0.358 e. The summed E-state index contributed by atoms with van der Waals surface area (Å²) in [7, 11) is 1.54. The van der Waals surface area contributed by atoms with E-state index in [1.165, 1.54) is 0 Å². The third kappa shape index (κ3) is 2.62. The summed E-state index contributed by atoms with van der Waals surface area (Å²) in [6, 6.07) is 5.12. The predicted octanol–water partition coefficient (Wildman–Crippen LogP) is 3.13. The first-order chi connectivity index (χ1) is 6.56. The molecule has 0 radical (unpaired) electrons. The van der Waals surface area contributed by atoms with Crippen molar-refractivity contribution in [3.05, 3.63) is 33.3 Å². The van der Waals surface area contributed by atoms with E-state index in [1.54, 1.807) is 25.2 Å². The van der Waals surface area contributed by atoms with Crippen molar-refractivity contribution < 1.29 is 4.79 Å². The normalized spacial score (nSPS) is 12.3. The molecular formula is C9H8BrCl2NO. The Balaban J connectivity index is 3.01. The zero-order valence-electron chi connectivity index (χ0n) is 7.35. The number of nitrogens with one attached hydrogen (secondary N) is 1. The van der Waals surface area contributed by atoms with Gasteiger partial charge < -0.3 is 5.32 Å². The molecule has 1 aromatic carbocycles. The molecule has 5 heteroatoms. The van der Waals surface area contributed by atoms with E-state index in [0.717, 1.165) is 4.47 Å². The van der Waals surface area contributed by atoms with Crippen LogP contribution in [-0.4, -0.2) is 13.0 Å². The third-order valence-electron chi connectivity index (χ3n) is 1.71. The van der Waals surface area contributed by atoms with Crippen LogP contribution in [0.2, 0.25) is 5.02 Å². The van der Waals surface area contributed by atoms with Crippen molar-refractivity contribution in [1.82, 2.24) is 5.32 Å². The van der Waals surface area contributed by atoms with Crippen LogP contribution in [0.15, 0.2) is 22.7 Å². The summed E-state index contributed by atoms with van der Waals surface area (Å²) in [6.07, 6.45) is 0. The smallest absolute Gasteiger partial charge is 0.242 e. The van der Waals surface area contributed by atoms with Crippen molar-refractivity contribution in [1.29, 1.82) is 0 Å². The van der Waals surface area contributed by atoms with Crippen molar-refractivity contribution in [3.8, 4) is 0 Å². The van der Waals surface area contributed by atoms with Gasteiger partial charge >= 0.3 is 0 Å². The van der Waals surface area contributed by atoms with Gasteiger partial charge in [0.1, 0.15) is 5.38 Å². The second-order valence-corrected chi connectivity index (χ2v) is 4.37. The fourth-order valence-corrected chi connectivity index (χ4v) is 2.32. The molecule has 1 aromatic rings. The van der Waals surface area contributed by atoms with Gasteiger partial charge in [-0.3, -0.25) is 4.79 Å². The lowest BCUT2D eigenvalue weighted by Crippen LogP contribution is -2.22. The van der Waals surface area contributed by atoms with Gasteiger partial charge in [0, 0.05) is 16.5 Å². The molecule has 0 aromatic heterocycles. The maximum Gasteiger partial charge on any atom is 0.242 e. The summed E-state index contributed by atoms with van der Waals surface area (Å²) in [6.45, 7) is 0. The fraction of sp³-hybridized carbons (Fsp3) is 0.222. The Morgan fingerprint density at radius 1 is 1.57 bits per heavy atom. The highest BCUT2D eigenvalue weighted by Gasteiger charge is 2.18. The lowest BCUT2D eigenvalue weighted by Gasteiger charge is -2.10. The van der Waals surface area contributed by atoms with Crippen LogP contribution in [-0.2, 0) is 4.79 Å². The van der Waals surface area contributed by atoms with Crippen molar-refractivity contribution in [3.63, 3.8) is 0 Å². The number of hydrogen-bond donors (Lipinski definition) is 1. The quantitative estimate of drug-likeness (QED) is 0.835. The van der Waals surface area contributed by atoms with E-state index in [0.29, 0.717) is 10.6 Å². The first-order valence-electron chi connectivity index (χ1n) is 3.87. The number of alkyl halides is 1. The summed E-state index contributed by atoms with van der Waals surface area (Å²) in [4.78, 5) is 11.3. The van der Waals surface area contributed by atoms with Gasteiger partial charge in [0.05, 0.1) is 0 Å². The molecule has 0 saturated carbocycles. The Kier molecular flexibility index (Phi) is 4.23. The van der Waals surface area contributed by atoms with E-state index in [9.17, 15) is 4.79 Å². The highest BCUT2D eigenvalue weighted by Crippen LogP contribution is 2.30. The molecule has 1 N–H and O–H groups in total. The summed E-state index contributed by atoms with van der Waals surface area (Å²) in [5.74, 6) is -0.241. The molecule has 0 heterocycles. The standard InChI is InChI=1S/C9H8BrCl2NO/c1-13-9(14)8(12)6-3-2-5(11)4-7(6)10/h2-4,8H,1H3,(H,13,14). The molecule has 1 unspecified atom stereocenters. The summed E-state index contributed by atoms with van der Waals surface area (Å²) >= 11 is 15.0. The number of amides is 1. The van der Waals surface area contributed by atoms with Crippen LogP contribution in [0.1, 0.15) is 10.9 Å². The Bertz CT molecular complexity index is 357. The lowest BCUT2D eigenvalue weighted by molar-refractivity contribution is -0.120. The topological polar surface area (TPSA) is 29.1 Å². The van der Waals surface area contributed by atoms with E-state index in [4.69, 9.17) is 23.2 Å². The maximum absolute atomic E-state index is 11.3. The average Bonchev–Trinajstić information content (AvgIpc) is 2.15. The molecule has 0 spiro atoms. The second kappa shape index (κ2) is 5.01. The Labute approximate surface area is 101 Å². The molecule has 0 saturated heterocycles. The zero-order valence-corrected chi connectivity index (χ0v) is 10.4. The molecule has 0 bridgehead atoms. The first kappa shape index (κ1) is 11.8. The Morgan fingerprint density at radius 3 is 2.71 bits per heavy atom.